The van der Waals surface area contributed by atoms with Gasteiger partial charge in [0.1, 0.15) is 5.75 Å². The molecule has 2 rings (SSSR count). The number of rotatable bonds is 7. The van der Waals surface area contributed by atoms with Crippen molar-refractivity contribution in [2.45, 2.75) is 19.8 Å². The van der Waals surface area contributed by atoms with E-state index >= 15 is 0 Å². The van der Waals surface area contributed by atoms with Gasteiger partial charge in [0.15, 0.2) is 12.5 Å². The lowest BCUT2D eigenvalue weighted by molar-refractivity contribution is 0.0829. The minimum atomic E-state index is -4.65. The van der Waals surface area contributed by atoms with Gasteiger partial charge < -0.3 is 19.3 Å². The second kappa shape index (κ2) is 8.39. The van der Waals surface area contributed by atoms with Crippen molar-refractivity contribution in [3.05, 3.63) is 44.2 Å². The number of nitrogens with one attached hydrogen (secondary N) is 1. The molecule has 1 aromatic heterocycles. The maximum atomic E-state index is 11.7. The standard InChI is InChI=1S/C14H15Cl2N2O7P/c1-7(2)9-5-12(17-18-14(9)19)25-13-10(15)3-8(4-11(13)16)23-6-24-26(20,21)22/h3-5,7H,6H2,1-2H3,(H,18,19)(H2,20,21,22). The van der Waals surface area contributed by atoms with Crippen LogP contribution in [-0.2, 0) is 9.09 Å². The van der Waals surface area contributed by atoms with E-state index in [9.17, 15) is 9.36 Å². The largest absolute Gasteiger partial charge is 0.472 e. The van der Waals surface area contributed by atoms with Crippen molar-refractivity contribution in [1.82, 2.24) is 10.2 Å². The molecule has 1 aromatic carbocycles. The van der Waals surface area contributed by atoms with Crippen LogP contribution in [0.25, 0.3) is 0 Å². The Kier molecular flexibility index (Phi) is 6.68. The second-order valence-electron chi connectivity index (χ2n) is 5.35. The summed E-state index contributed by atoms with van der Waals surface area (Å²) in [6.07, 6.45) is 0. The van der Waals surface area contributed by atoms with E-state index in [2.05, 4.69) is 14.7 Å². The maximum absolute atomic E-state index is 11.7. The quantitative estimate of drug-likeness (QED) is 0.454. The zero-order valence-corrected chi connectivity index (χ0v) is 16.0. The summed E-state index contributed by atoms with van der Waals surface area (Å²) in [5, 5.41) is 6.23. The Bertz CT molecular complexity index is 874. The molecule has 0 fully saturated rings. The minimum Gasteiger partial charge on any atom is -0.467 e. The normalized spacial score (nSPS) is 11.7. The fourth-order valence-corrected chi connectivity index (χ4v) is 2.60. The summed E-state index contributed by atoms with van der Waals surface area (Å²) in [5.74, 6) is 0.236. The zero-order valence-electron chi connectivity index (χ0n) is 13.6. The molecule has 0 aliphatic heterocycles. The molecule has 0 aliphatic rings. The smallest absolute Gasteiger partial charge is 0.467 e. The molecule has 0 saturated carbocycles. The summed E-state index contributed by atoms with van der Waals surface area (Å²) >= 11 is 12.2. The van der Waals surface area contributed by atoms with E-state index in [4.69, 9.17) is 42.5 Å². The number of halogens is 2. The van der Waals surface area contributed by atoms with Crippen molar-refractivity contribution in [3.63, 3.8) is 0 Å². The molecule has 0 spiro atoms. The third kappa shape index (κ3) is 5.70. The number of aromatic amines is 1. The van der Waals surface area contributed by atoms with Gasteiger partial charge in [0.05, 0.1) is 10.0 Å². The van der Waals surface area contributed by atoms with Crippen molar-refractivity contribution >= 4 is 31.0 Å². The molecule has 26 heavy (non-hydrogen) atoms. The van der Waals surface area contributed by atoms with Crippen LogP contribution in [0.3, 0.4) is 0 Å². The predicted octanol–water partition coefficient (Wildman–Crippen LogP) is 3.44. The Morgan fingerprint density at radius 1 is 1.23 bits per heavy atom. The van der Waals surface area contributed by atoms with Gasteiger partial charge in [0.2, 0.25) is 5.88 Å². The molecule has 142 valence electrons. The Balaban J connectivity index is 2.19. The average Bonchev–Trinajstić information content (AvgIpc) is 2.51. The van der Waals surface area contributed by atoms with Crippen molar-refractivity contribution in [2.75, 3.05) is 6.79 Å². The number of ether oxygens (including phenoxy) is 2. The number of hydrogen-bond donors (Lipinski definition) is 3. The number of nitrogens with zero attached hydrogens (tertiary/aromatic N) is 1. The summed E-state index contributed by atoms with van der Waals surface area (Å²) < 4.78 is 25.3. The van der Waals surface area contributed by atoms with Gasteiger partial charge >= 0.3 is 7.82 Å². The Labute approximate surface area is 158 Å². The van der Waals surface area contributed by atoms with E-state index in [0.29, 0.717) is 5.56 Å². The predicted molar refractivity (Wildman–Crippen MR) is 94.1 cm³/mol. The van der Waals surface area contributed by atoms with Crippen LogP contribution in [0.4, 0.5) is 0 Å². The highest BCUT2D eigenvalue weighted by Crippen LogP contribution is 2.40. The monoisotopic (exact) mass is 424 g/mol. The average molecular weight is 425 g/mol. The van der Waals surface area contributed by atoms with Gasteiger partial charge in [-0.1, -0.05) is 37.0 Å². The van der Waals surface area contributed by atoms with Gasteiger partial charge in [-0.25, -0.2) is 14.2 Å². The molecule has 0 radical (unpaired) electrons. The van der Waals surface area contributed by atoms with E-state index < -0.39 is 14.6 Å². The van der Waals surface area contributed by atoms with Crippen LogP contribution < -0.4 is 15.0 Å². The van der Waals surface area contributed by atoms with Gasteiger partial charge in [0.25, 0.3) is 5.56 Å². The fraction of sp³-hybridized carbons (Fsp3) is 0.286. The summed E-state index contributed by atoms with van der Waals surface area (Å²) in [6, 6.07) is 4.12. The first-order valence-corrected chi connectivity index (χ1v) is 9.45. The number of phosphoric acid groups is 1. The highest BCUT2D eigenvalue weighted by molar-refractivity contribution is 7.46. The molecule has 1 heterocycles. The van der Waals surface area contributed by atoms with E-state index in [1.54, 1.807) is 0 Å². The van der Waals surface area contributed by atoms with Crippen LogP contribution in [0.2, 0.25) is 10.0 Å². The number of hydrogen-bond acceptors (Lipinski definition) is 6. The van der Waals surface area contributed by atoms with Crippen LogP contribution in [0.1, 0.15) is 25.3 Å². The van der Waals surface area contributed by atoms with Crippen LogP contribution >= 0.6 is 31.0 Å². The minimum absolute atomic E-state index is 0.0418. The van der Waals surface area contributed by atoms with Gasteiger partial charge in [-0.3, -0.25) is 4.79 Å². The first kappa shape index (κ1) is 20.7. The lowest BCUT2D eigenvalue weighted by Crippen LogP contribution is -2.15. The van der Waals surface area contributed by atoms with E-state index in [0.717, 1.165) is 0 Å². The molecular formula is C14H15Cl2N2O7P. The number of aromatic nitrogens is 2. The van der Waals surface area contributed by atoms with Crippen LogP contribution in [0.5, 0.6) is 17.4 Å². The van der Waals surface area contributed by atoms with Crippen molar-refractivity contribution in [3.8, 4) is 17.4 Å². The van der Waals surface area contributed by atoms with Gasteiger partial charge in [-0.2, -0.15) is 0 Å². The molecule has 0 aliphatic carbocycles. The third-order valence-corrected chi connectivity index (χ3v) is 4.06. The summed E-state index contributed by atoms with van der Waals surface area (Å²) in [7, 11) is -4.65. The molecule has 3 N–H and O–H groups in total. The molecule has 0 saturated heterocycles. The van der Waals surface area contributed by atoms with Crippen LogP contribution in [0.15, 0.2) is 23.0 Å². The van der Waals surface area contributed by atoms with Gasteiger partial charge in [-0.05, 0) is 5.92 Å². The molecule has 0 bridgehead atoms. The van der Waals surface area contributed by atoms with E-state index in [-0.39, 0.29) is 38.9 Å². The van der Waals surface area contributed by atoms with Gasteiger partial charge in [-0.15, -0.1) is 5.10 Å². The molecule has 0 unspecified atom stereocenters. The molecule has 9 nitrogen and oxygen atoms in total. The number of benzene rings is 1. The van der Waals surface area contributed by atoms with E-state index in [1.165, 1.54) is 18.2 Å². The van der Waals surface area contributed by atoms with Crippen molar-refractivity contribution in [1.29, 1.82) is 0 Å². The molecule has 0 amide bonds. The first-order valence-electron chi connectivity index (χ1n) is 7.16. The topological polar surface area (TPSA) is 131 Å². The number of phosphoric ester groups is 1. The second-order valence-corrected chi connectivity index (χ2v) is 7.40. The number of H-pyrrole nitrogens is 1. The van der Waals surface area contributed by atoms with Crippen LogP contribution in [-0.4, -0.2) is 26.8 Å². The Hall–Kier alpha value is -1.61. The highest BCUT2D eigenvalue weighted by atomic mass is 35.5. The highest BCUT2D eigenvalue weighted by Gasteiger charge is 2.16. The van der Waals surface area contributed by atoms with Crippen molar-refractivity contribution < 1.29 is 28.3 Å². The van der Waals surface area contributed by atoms with Gasteiger partial charge in [0, 0.05) is 23.8 Å². The zero-order chi connectivity index (χ0) is 19.5. The lowest BCUT2D eigenvalue weighted by Gasteiger charge is -2.13. The SMILES string of the molecule is CC(C)c1cc(Oc2c(Cl)cc(OCOP(=O)(O)O)cc2Cl)n[nH]c1=O. The van der Waals surface area contributed by atoms with Crippen molar-refractivity contribution in [2.24, 2.45) is 0 Å². The van der Waals surface area contributed by atoms with E-state index in [1.807, 2.05) is 13.8 Å². The summed E-state index contributed by atoms with van der Waals surface area (Å²) in [4.78, 5) is 28.9. The molecule has 0 atom stereocenters. The molecule has 2 aromatic rings. The third-order valence-electron chi connectivity index (χ3n) is 3.06. The fourth-order valence-electron chi connectivity index (χ4n) is 1.87. The first-order chi connectivity index (χ1) is 12.1. The molecule has 12 heteroatoms. The Morgan fingerprint density at radius 3 is 2.38 bits per heavy atom. The molecular weight excluding hydrogens is 410 g/mol. The Morgan fingerprint density at radius 2 is 1.85 bits per heavy atom. The summed E-state index contributed by atoms with van der Waals surface area (Å²) in [6.45, 7) is 3.00. The summed E-state index contributed by atoms with van der Waals surface area (Å²) in [5.41, 5.74) is 0.162. The lowest BCUT2D eigenvalue weighted by atomic mass is 10.1. The maximum Gasteiger partial charge on any atom is 0.472 e. The van der Waals surface area contributed by atoms with Crippen LogP contribution in [0, 0.1) is 0 Å².